The van der Waals surface area contributed by atoms with E-state index in [9.17, 15) is 19.2 Å². The van der Waals surface area contributed by atoms with Gasteiger partial charge in [-0.3, -0.25) is 4.79 Å². The van der Waals surface area contributed by atoms with Crippen LogP contribution in [0.3, 0.4) is 0 Å². The highest BCUT2D eigenvalue weighted by Gasteiger charge is 2.23. The van der Waals surface area contributed by atoms with Crippen LogP contribution in [0, 0.1) is 0 Å². The van der Waals surface area contributed by atoms with Gasteiger partial charge in [-0.1, -0.05) is 0 Å². The Morgan fingerprint density at radius 1 is 1.21 bits per heavy atom. The van der Waals surface area contributed by atoms with Gasteiger partial charge in [0.2, 0.25) is 0 Å². The van der Waals surface area contributed by atoms with E-state index in [1.165, 1.54) is 0 Å². The molecule has 4 amide bonds. The predicted molar refractivity (Wildman–Crippen MR) is 62.2 cm³/mol. The fraction of sp³-hybridized carbons (Fsp3) is 0.556. The van der Waals surface area contributed by atoms with Crippen molar-refractivity contribution in [2.75, 3.05) is 20.2 Å². The van der Waals surface area contributed by atoms with Crippen molar-refractivity contribution in [3.63, 3.8) is 0 Å². The minimum absolute atomic E-state index is 0.0549. The molecule has 10 heteroatoms. The molecule has 1 atom stereocenters. The summed E-state index contributed by atoms with van der Waals surface area (Å²) in [6.07, 6.45) is -0.487. The third-order valence-electron chi connectivity index (χ3n) is 1.91. The molecule has 0 saturated heterocycles. The van der Waals surface area contributed by atoms with Crippen LogP contribution < -0.4 is 21.7 Å². The highest BCUT2D eigenvalue weighted by Crippen LogP contribution is 1.94. The maximum absolute atomic E-state index is 11.3. The molecular weight excluding hydrogens is 260 g/mol. The van der Waals surface area contributed by atoms with Crippen molar-refractivity contribution in [3.05, 3.63) is 0 Å². The molecule has 0 unspecified atom stereocenters. The normalized spacial score (nSPS) is 11.0. The van der Waals surface area contributed by atoms with E-state index in [2.05, 4.69) is 20.7 Å². The molecule has 0 radical (unpaired) electrons. The summed E-state index contributed by atoms with van der Waals surface area (Å²) in [6, 6.07) is -2.92. The Bertz CT molecular complexity index is 359. The summed E-state index contributed by atoms with van der Waals surface area (Å²) in [5, 5.41) is 15.4. The average Bonchev–Trinajstić information content (AvgIpc) is 2.33. The highest BCUT2D eigenvalue weighted by atomic mass is 16.5. The number of carboxylic acid groups (broad SMARTS) is 1. The van der Waals surface area contributed by atoms with E-state index < -0.39 is 36.5 Å². The molecule has 0 heterocycles. The summed E-state index contributed by atoms with van der Waals surface area (Å²) in [6.45, 7) is 0.150. The van der Waals surface area contributed by atoms with Gasteiger partial charge in [-0.25, -0.2) is 14.4 Å². The van der Waals surface area contributed by atoms with Crippen molar-refractivity contribution in [2.24, 2.45) is 5.73 Å². The van der Waals surface area contributed by atoms with E-state index in [1.54, 1.807) is 0 Å². The average molecular weight is 276 g/mol. The third kappa shape index (κ3) is 8.24. The Morgan fingerprint density at radius 2 is 1.79 bits per heavy atom. The van der Waals surface area contributed by atoms with Crippen molar-refractivity contribution in [2.45, 2.75) is 12.5 Å². The van der Waals surface area contributed by atoms with Gasteiger partial charge in [-0.05, 0) is 0 Å². The second-order valence-corrected chi connectivity index (χ2v) is 3.36. The van der Waals surface area contributed by atoms with E-state index in [4.69, 9.17) is 10.8 Å². The first-order chi connectivity index (χ1) is 8.86. The van der Waals surface area contributed by atoms with Gasteiger partial charge < -0.3 is 31.5 Å². The lowest BCUT2D eigenvalue weighted by molar-refractivity contribution is -0.147. The maximum Gasteiger partial charge on any atom is 0.326 e. The van der Waals surface area contributed by atoms with Gasteiger partial charge in [0, 0.05) is 13.1 Å². The van der Waals surface area contributed by atoms with Gasteiger partial charge in [0.05, 0.1) is 13.5 Å². The van der Waals surface area contributed by atoms with E-state index in [0.29, 0.717) is 0 Å². The van der Waals surface area contributed by atoms with E-state index in [-0.39, 0.29) is 13.1 Å². The van der Waals surface area contributed by atoms with Gasteiger partial charge in [-0.15, -0.1) is 0 Å². The lowest BCUT2D eigenvalue weighted by Crippen LogP contribution is -2.48. The van der Waals surface area contributed by atoms with Crippen LogP contribution in [0.25, 0.3) is 0 Å². The molecule has 0 aromatic carbocycles. The lowest BCUT2D eigenvalue weighted by Gasteiger charge is -2.14. The number of nitrogens with two attached hydrogens (primary N) is 1. The molecule has 0 spiro atoms. The number of aliphatic carboxylic acids is 1. The van der Waals surface area contributed by atoms with E-state index >= 15 is 0 Å². The van der Waals surface area contributed by atoms with Crippen LogP contribution in [0.4, 0.5) is 9.59 Å². The second kappa shape index (κ2) is 8.55. The summed E-state index contributed by atoms with van der Waals surface area (Å²) in [5.74, 6) is -2.13. The molecular formula is C9H16N4O6. The largest absolute Gasteiger partial charge is 0.480 e. The van der Waals surface area contributed by atoms with Crippen LogP contribution in [0.2, 0.25) is 0 Å². The second-order valence-electron chi connectivity index (χ2n) is 3.36. The van der Waals surface area contributed by atoms with Crippen LogP contribution >= 0.6 is 0 Å². The first-order valence-electron chi connectivity index (χ1n) is 5.24. The van der Waals surface area contributed by atoms with E-state index in [1.807, 2.05) is 0 Å². The van der Waals surface area contributed by atoms with Gasteiger partial charge in [0.1, 0.15) is 6.04 Å². The molecule has 10 nitrogen and oxygen atoms in total. The summed E-state index contributed by atoms with van der Waals surface area (Å²) >= 11 is 0. The molecule has 0 rings (SSSR count). The number of methoxy groups -OCH3 is 1. The lowest BCUT2D eigenvalue weighted by atomic mass is 10.2. The van der Waals surface area contributed by atoms with Crippen molar-refractivity contribution in [1.82, 2.24) is 16.0 Å². The van der Waals surface area contributed by atoms with Crippen molar-refractivity contribution in [1.29, 1.82) is 0 Å². The first kappa shape index (κ1) is 16.5. The van der Waals surface area contributed by atoms with Crippen molar-refractivity contribution < 1.29 is 29.0 Å². The molecule has 0 fully saturated rings. The topological polar surface area (TPSA) is 160 Å². The number of nitrogens with one attached hydrogen (secondary N) is 3. The third-order valence-corrected chi connectivity index (χ3v) is 1.91. The Kier molecular flexibility index (Phi) is 7.42. The van der Waals surface area contributed by atoms with Gasteiger partial charge in [0.15, 0.2) is 0 Å². The number of rotatable bonds is 7. The fourth-order valence-corrected chi connectivity index (χ4v) is 1.02. The summed E-state index contributed by atoms with van der Waals surface area (Å²) in [4.78, 5) is 43.3. The number of esters is 1. The van der Waals surface area contributed by atoms with Crippen LogP contribution in [0.15, 0.2) is 0 Å². The summed E-state index contributed by atoms with van der Waals surface area (Å²) in [5.41, 5.74) is 4.79. The number of hydrogen-bond donors (Lipinski definition) is 5. The number of carbonyl (C=O) groups excluding carboxylic acids is 3. The van der Waals surface area contributed by atoms with Crippen LogP contribution in [-0.4, -0.2) is 55.3 Å². The number of ether oxygens (including phenoxy) is 1. The minimum Gasteiger partial charge on any atom is -0.480 e. The Balaban J connectivity index is 4.07. The molecule has 0 aliphatic rings. The highest BCUT2D eigenvalue weighted by molar-refractivity contribution is 5.86. The molecule has 19 heavy (non-hydrogen) atoms. The monoisotopic (exact) mass is 276 g/mol. The number of hydrogen-bond acceptors (Lipinski definition) is 5. The van der Waals surface area contributed by atoms with Crippen molar-refractivity contribution in [3.8, 4) is 0 Å². The van der Waals surface area contributed by atoms with Crippen molar-refractivity contribution >= 4 is 24.0 Å². The SMILES string of the molecule is COC(=O)C[C@H](NC(=O)NCCNC(N)=O)C(=O)O. The molecule has 0 aromatic rings. The smallest absolute Gasteiger partial charge is 0.326 e. The van der Waals surface area contributed by atoms with E-state index in [0.717, 1.165) is 7.11 Å². The zero-order valence-electron chi connectivity index (χ0n) is 10.3. The molecule has 6 N–H and O–H groups in total. The number of amides is 4. The molecule has 0 aromatic heterocycles. The standard InChI is InChI=1S/C9H16N4O6/c1-19-6(14)4-5(7(15)16)13-9(18)12-3-2-11-8(10)17/h5H,2-4H2,1H3,(H,15,16)(H3,10,11,17)(H2,12,13,18)/t5-/m0/s1. The minimum atomic E-state index is -1.39. The molecule has 0 saturated carbocycles. The summed E-state index contributed by atoms with van der Waals surface area (Å²) < 4.78 is 4.30. The number of urea groups is 2. The van der Waals surface area contributed by atoms with Crippen LogP contribution in [0.1, 0.15) is 6.42 Å². The Hall–Kier alpha value is -2.52. The van der Waals surface area contributed by atoms with Gasteiger partial charge >= 0.3 is 24.0 Å². The molecule has 0 aliphatic heterocycles. The molecule has 108 valence electrons. The zero-order valence-corrected chi connectivity index (χ0v) is 10.3. The van der Waals surface area contributed by atoms with Crippen LogP contribution in [0.5, 0.6) is 0 Å². The molecule has 0 bridgehead atoms. The molecule has 0 aliphatic carbocycles. The summed E-state index contributed by atoms with van der Waals surface area (Å²) in [7, 11) is 1.11. The number of carbonyl (C=O) groups is 4. The Labute approximate surface area is 108 Å². The predicted octanol–water partition coefficient (Wildman–Crippen LogP) is -2.03. The quantitative estimate of drug-likeness (QED) is 0.266. The van der Waals surface area contributed by atoms with Gasteiger partial charge in [0.25, 0.3) is 0 Å². The zero-order chi connectivity index (χ0) is 14.8. The number of primary amides is 1. The first-order valence-corrected chi connectivity index (χ1v) is 5.24. The fourth-order valence-electron chi connectivity index (χ4n) is 1.02. The van der Waals surface area contributed by atoms with Crippen LogP contribution in [-0.2, 0) is 14.3 Å². The van der Waals surface area contributed by atoms with Gasteiger partial charge in [-0.2, -0.15) is 0 Å². The Morgan fingerprint density at radius 3 is 2.26 bits per heavy atom. The maximum atomic E-state index is 11.3. The number of carboxylic acids is 1.